The second kappa shape index (κ2) is 9.07. The van der Waals surface area contributed by atoms with Crippen LogP contribution in [-0.2, 0) is 4.79 Å². The van der Waals surface area contributed by atoms with Crippen molar-refractivity contribution in [1.82, 2.24) is 4.90 Å². The number of para-hydroxylation sites is 1. The average molecular weight is 398 g/mol. The second-order valence-corrected chi connectivity index (χ2v) is 7.32. The summed E-state index contributed by atoms with van der Waals surface area (Å²) in [6.45, 7) is 5.10. The van der Waals surface area contributed by atoms with Crippen molar-refractivity contribution in [2.24, 2.45) is 5.92 Å². The third-order valence-corrected chi connectivity index (χ3v) is 5.41. The number of carbonyl (C=O) groups is 2. The van der Waals surface area contributed by atoms with Gasteiger partial charge in [-0.2, -0.15) is 0 Å². The highest BCUT2D eigenvalue weighted by Crippen LogP contribution is 2.27. The quantitative estimate of drug-likeness (QED) is 0.764. The summed E-state index contributed by atoms with van der Waals surface area (Å²) in [5.74, 6) is -0.415. The van der Waals surface area contributed by atoms with E-state index < -0.39 is 5.82 Å². The predicted molar refractivity (Wildman–Crippen MR) is 111 cm³/mol. The van der Waals surface area contributed by atoms with E-state index in [-0.39, 0.29) is 23.5 Å². The maximum absolute atomic E-state index is 13.5. The Bertz CT molecular complexity index is 891. The Morgan fingerprint density at radius 3 is 2.52 bits per heavy atom. The van der Waals surface area contributed by atoms with E-state index in [2.05, 4.69) is 0 Å². The van der Waals surface area contributed by atoms with Gasteiger partial charge < -0.3 is 14.5 Å². The van der Waals surface area contributed by atoms with Gasteiger partial charge >= 0.3 is 0 Å². The number of carbonyl (C=O) groups excluding carboxylic acids is 2. The van der Waals surface area contributed by atoms with E-state index in [0.717, 1.165) is 11.3 Å². The van der Waals surface area contributed by atoms with Crippen LogP contribution in [-0.4, -0.2) is 43.5 Å². The van der Waals surface area contributed by atoms with Crippen LogP contribution in [0.3, 0.4) is 0 Å². The molecule has 0 aliphatic carbocycles. The number of hydrogen-bond donors (Lipinski definition) is 0. The zero-order valence-corrected chi connectivity index (χ0v) is 17.2. The van der Waals surface area contributed by atoms with Gasteiger partial charge in [0.1, 0.15) is 11.6 Å². The molecule has 29 heavy (non-hydrogen) atoms. The van der Waals surface area contributed by atoms with Gasteiger partial charge in [-0.05, 0) is 50.5 Å². The minimum Gasteiger partial charge on any atom is -0.493 e. The van der Waals surface area contributed by atoms with Crippen LogP contribution in [0.25, 0.3) is 0 Å². The van der Waals surface area contributed by atoms with Gasteiger partial charge in [-0.15, -0.1) is 0 Å². The fourth-order valence-corrected chi connectivity index (χ4v) is 3.78. The molecule has 0 aromatic heterocycles. The molecule has 0 bridgehead atoms. The van der Waals surface area contributed by atoms with Gasteiger partial charge in [0.25, 0.3) is 5.91 Å². The number of rotatable bonds is 5. The Hall–Kier alpha value is -2.89. The van der Waals surface area contributed by atoms with Crippen molar-refractivity contribution >= 4 is 17.5 Å². The number of amides is 2. The summed E-state index contributed by atoms with van der Waals surface area (Å²) in [6, 6.07) is 11.8. The molecule has 0 radical (unpaired) electrons. The molecular weight excluding hydrogens is 371 g/mol. The molecule has 154 valence electrons. The van der Waals surface area contributed by atoms with Crippen molar-refractivity contribution in [2.45, 2.75) is 26.7 Å². The lowest BCUT2D eigenvalue weighted by Gasteiger charge is -2.33. The summed E-state index contributed by atoms with van der Waals surface area (Å²) in [6.07, 6.45) is 1.21. The van der Waals surface area contributed by atoms with Gasteiger partial charge in [0.15, 0.2) is 0 Å². The zero-order chi connectivity index (χ0) is 21.0. The standard InChI is InChI=1S/C23H27FN2O3/c1-4-29-21-15-18(24)9-10-19(21)23(28)26-13-11-17(12-14-26)22(27)25(3)20-8-6-5-7-16(20)2/h5-10,15,17H,4,11-14H2,1-3H3. The van der Waals surface area contributed by atoms with Crippen LogP contribution in [0.15, 0.2) is 42.5 Å². The van der Waals surface area contributed by atoms with Crippen LogP contribution >= 0.6 is 0 Å². The predicted octanol–water partition coefficient (Wildman–Crippen LogP) is 4.05. The van der Waals surface area contributed by atoms with Crippen LogP contribution in [0.5, 0.6) is 5.75 Å². The summed E-state index contributed by atoms with van der Waals surface area (Å²) in [7, 11) is 1.80. The largest absolute Gasteiger partial charge is 0.493 e. The Labute approximate surface area is 171 Å². The third-order valence-electron chi connectivity index (χ3n) is 5.41. The minimum absolute atomic E-state index is 0.0724. The molecule has 0 atom stereocenters. The Morgan fingerprint density at radius 1 is 1.17 bits per heavy atom. The monoisotopic (exact) mass is 398 g/mol. The smallest absolute Gasteiger partial charge is 0.257 e. The number of anilines is 1. The number of aryl methyl sites for hydroxylation is 1. The SMILES string of the molecule is CCOc1cc(F)ccc1C(=O)N1CCC(C(=O)N(C)c2ccccc2C)CC1. The molecular formula is C23H27FN2O3. The first-order chi connectivity index (χ1) is 13.9. The lowest BCUT2D eigenvalue weighted by Crippen LogP contribution is -2.43. The van der Waals surface area contributed by atoms with Gasteiger partial charge in [-0.3, -0.25) is 9.59 Å². The topological polar surface area (TPSA) is 49.9 Å². The van der Waals surface area contributed by atoms with Crippen LogP contribution < -0.4 is 9.64 Å². The van der Waals surface area contributed by atoms with Crippen molar-refractivity contribution in [3.8, 4) is 5.75 Å². The first-order valence-electron chi connectivity index (χ1n) is 9.97. The fourth-order valence-electron chi connectivity index (χ4n) is 3.78. The molecule has 2 amide bonds. The molecule has 3 rings (SSSR count). The summed E-state index contributed by atoms with van der Waals surface area (Å²) < 4.78 is 18.9. The highest BCUT2D eigenvalue weighted by Gasteiger charge is 2.31. The maximum atomic E-state index is 13.5. The summed E-state index contributed by atoms with van der Waals surface area (Å²) in [4.78, 5) is 29.3. The molecule has 5 nitrogen and oxygen atoms in total. The molecule has 1 aliphatic heterocycles. The maximum Gasteiger partial charge on any atom is 0.257 e. The molecule has 6 heteroatoms. The van der Waals surface area contributed by atoms with Crippen LogP contribution in [0, 0.1) is 18.7 Å². The first kappa shape index (κ1) is 20.8. The number of hydrogen-bond acceptors (Lipinski definition) is 3. The lowest BCUT2D eigenvalue weighted by molar-refractivity contribution is -0.123. The van der Waals surface area contributed by atoms with E-state index in [9.17, 15) is 14.0 Å². The molecule has 0 spiro atoms. The average Bonchev–Trinajstić information content (AvgIpc) is 2.73. The first-order valence-corrected chi connectivity index (χ1v) is 9.97. The number of benzene rings is 2. The normalized spacial score (nSPS) is 14.6. The Morgan fingerprint density at radius 2 is 1.86 bits per heavy atom. The molecule has 1 heterocycles. The molecule has 0 unspecified atom stereocenters. The number of ether oxygens (including phenoxy) is 1. The molecule has 2 aromatic rings. The Kier molecular flexibility index (Phi) is 6.52. The lowest BCUT2D eigenvalue weighted by atomic mass is 9.94. The minimum atomic E-state index is -0.437. The van der Waals surface area contributed by atoms with E-state index in [0.29, 0.717) is 38.1 Å². The van der Waals surface area contributed by atoms with E-state index in [1.54, 1.807) is 23.8 Å². The number of piperidine rings is 1. The summed E-state index contributed by atoms with van der Waals surface area (Å²) >= 11 is 0. The molecule has 2 aromatic carbocycles. The fraction of sp³-hybridized carbons (Fsp3) is 0.391. The van der Waals surface area contributed by atoms with Gasteiger partial charge in [-0.1, -0.05) is 18.2 Å². The van der Waals surface area contributed by atoms with E-state index in [1.165, 1.54) is 18.2 Å². The van der Waals surface area contributed by atoms with Crippen molar-refractivity contribution in [3.05, 3.63) is 59.4 Å². The van der Waals surface area contributed by atoms with Gasteiger partial charge in [0, 0.05) is 37.8 Å². The highest BCUT2D eigenvalue weighted by atomic mass is 19.1. The van der Waals surface area contributed by atoms with Crippen molar-refractivity contribution in [1.29, 1.82) is 0 Å². The van der Waals surface area contributed by atoms with Crippen molar-refractivity contribution in [2.75, 3.05) is 31.6 Å². The summed E-state index contributed by atoms with van der Waals surface area (Å²) in [5.41, 5.74) is 2.31. The highest BCUT2D eigenvalue weighted by molar-refractivity contribution is 5.98. The van der Waals surface area contributed by atoms with Gasteiger partial charge in [0.05, 0.1) is 12.2 Å². The van der Waals surface area contributed by atoms with Crippen molar-refractivity contribution in [3.63, 3.8) is 0 Å². The van der Waals surface area contributed by atoms with E-state index >= 15 is 0 Å². The van der Waals surface area contributed by atoms with E-state index in [1.807, 2.05) is 31.2 Å². The number of likely N-dealkylation sites (tertiary alicyclic amines) is 1. The van der Waals surface area contributed by atoms with Crippen LogP contribution in [0.4, 0.5) is 10.1 Å². The van der Waals surface area contributed by atoms with E-state index in [4.69, 9.17) is 4.74 Å². The molecule has 0 N–H and O–H groups in total. The van der Waals surface area contributed by atoms with Gasteiger partial charge in [0.2, 0.25) is 5.91 Å². The summed E-state index contributed by atoms with van der Waals surface area (Å²) in [5, 5.41) is 0. The Balaban J connectivity index is 1.65. The second-order valence-electron chi connectivity index (χ2n) is 7.32. The van der Waals surface area contributed by atoms with Crippen molar-refractivity contribution < 1.29 is 18.7 Å². The number of halogens is 1. The zero-order valence-electron chi connectivity index (χ0n) is 17.2. The third kappa shape index (κ3) is 4.58. The number of nitrogens with zero attached hydrogens (tertiary/aromatic N) is 2. The van der Waals surface area contributed by atoms with Crippen LogP contribution in [0.1, 0.15) is 35.7 Å². The van der Waals surface area contributed by atoms with Gasteiger partial charge in [-0.25, -0.2) is 4.39 Å². The van der Waals surface area contributed by atoms with Crippen LogP contribution in [0.2, 0.25) is 0 Å². The molecule has 1 saturated heterocycles. The molecule has 1 aliphatic rings. The molecule has 1 fully saturated rings. The molecule has 0 saturated carbocycles.